The van der Waals surface area contributed by atoms with Gasteiger partial charge in [0.25, 0.3) is 11.6 Å². The van der Waals surface area contributed by atoms with Crippen LogP contribution in [0, 0.1) is 17.0 Å². The number of nitro groups is 1. The zero-order valence-electron chi connectivity index (χ0n) is 11.5. The summed E-state index contributed by atoms with van der Waals surface area (Å²) in [4.78, 5) is 24.6. The average molecular weight is 300 g/mol. The second-order valence-corrected chi connectivity index (χ2v) is 4.81. The number of hydrogen-bond acceptors (Lipinski definition) is 4. The van der Waals surface area contributed by atoms with E-state index in [-0.39, 0.29) is 30.0 Å². The molecule has 1 aliphatic heterocycles. The minimum atomic E-state index is -0.452. The standard InChI is InChI=1S/C13H17N3O3.ClH/c1-9-8-15(7-6-14-9)13(17)11-4-3-5-12(10(11)2)16(18)19;/h3-5,9,14H,6-8H2,1-2H3;1H/t9-;/m0./s1. The lowest BCUT2D eigenvalue weighted by Crippen LogP contribution is -2.51. The number of hydrogen-bond donors (Lipinski definition) is 1. The Bertz CT molecular complexity index is 522. The van der Waals surface area contributed by atoms with Gasteiger partial charge >= 0.3 is 0 Å². The summed E-state index contributed by atoms with van der Waals surface area (Å²) in [5.41, 5.74) is 0.848. The quantitative estimate of drug-likeness (QED) is 0.667. The molecule has 1 aromatic carbocycles. The maximum Gasteiger partial charge on any atom is 0.273 e. The van der Waals surface area contributed by atoms with E-state index in [1.54, 1.807) is 24.0 Å². The van der Waals surface area contributed by atoms with Gasteiger partial charge in [0, 0.05) is 42.9 Å². The maximum absolute atomic E-state index is 12.4. The molecule has 1 N–H and O–H groups in total. The van der Waals surface area contributed by atoms with Crippen molar-refractivity contribution < 1.29 is 9.72 Å². The molecule has 0 bridgehead atoms. The van der Waals surface area contributed by atoms with E-state index in [9.17, 15) is 14.9 Å². The van der Waals surface area contributed by atoms with Crippen LogP contribution < -0.4 is 5.32 Å². The largest absolute Gasteiger partial charge is 0.336 e. The number of halogens is 1. The van der Waals surface area contributed by atoms with Crippen molar-refractivity contribution >= 4 is 24.0 Å². The Morgan fingerprint density at radius 1 is 1.50 bits per heavy atom. The number of carbonyl (C=O) groups is 1. The molecule has 2 rings (SSSR count). The summed E-state index contributed by atoms with van der Waals surface area (Å²) in [7, 11) is 0. The normalized spacial score (nSPS) is 18.3. The number of amides is 1. The molecule has 1 atom stereocenters. The fourth-order valence-corrected chi connectivity index (χ4v) is 2.34. The summed E-state index contributed by atoms with van der Waals surface area (Å²) in [5, 5.41) is 14.2. The number of piperazine rings is 1. The number of benzene rings is 1. The van der Waals surface area contributed by atoms with Crippen molar-refractivity contribution in [1.82, 2.24) is 10.2 Å². The van der Waals surface area contributed by atoms with Gasteiger partial charge in [-0.1, -0.05) is 6.07 Å². The van der Waals surface area contributed by atoms with Gasteiger partial charge in [-0.05, 0) is 19.9 Å². The van der Waals surface area contributed by atoms with Gasteiger partial charge in [0.1, 0.15) is 0 Å². The molecule has 7 heteroatoms. The van der Waals surface area contributed by atoms with Crippen LogP contribution in [0.5, 0.6) is 0 Å². The highest BCUT2D eigenvalue weighted by molar-refractivity contribution is 5.96. The van der Waals surface area contributed by atoms with Crippen molar-refractivity contribution in [3.8, 4) is 0 Å². The molecule has 0 saturated carbocycles. The van der Waals surface area contributed by atoms with Crippen LogP contribution in [-0.2, 0) is 0 Å². The smallest absolute Gasteiger partial charge is 0.273 e. The van der Waals surface area contributed by atoms with Crippen molar-refractivity contribution in [2.45, 2.75) is 19.9 Å². The predicted molar refractivity (Wildman–Crippen MR) is 78.4 cm³/mol. The first-order chi connectivity index (χ1) is 9.00. The Kier molecular flexibility index (Phi) is 5.47. The number of carbonyl (C=O) groups excluding carboxylic acids is 1. The molecule has 1 heterocycles. The minimum Gasteiger partial charge on any atom is -0.336 e. The van der Waals surface area contributed by atoms with E-state index in [1.807, 2.05) is 6.92 Å². The van der Waals surface area contributed by atoms with E-state index >= 15 is 0 Å². The first-order valence-corrected chi connectivity index (χ1v) is 6.27. The number of nitro benzene ring substituents is 1. The van der Waals surface area contributed by atoms with Crippen molar-refractivity contribution in [1.29, 1.82) is 0 Å². The van der Waals surface area contributed by atoms with Gasteiger partial charge < -0.3 is 10.2 Å². The van der Waals surface area contributed by atoms with Crippen LogP contribution in [0.4, 0.5) is 5.69 Å². The second kappa shape index (κ2) is 6.67. The average Bonchev–Trinajstić information content (AvgIpc) is 2.38. The Morgan fingerprint density at radius 3 is 2.80 bits per heavy atom. The zero-order valence-corrected chi connectivity index (χ0v) is 12.3. The van der Waals surface area contributed by atoms with Crippen LogP contribution in [0.1, 0.15) is 22.8 Å². The molecule has 0 aromatic heterocycles. The summed E-state index contributed by atoms with van der Waals surface area (Å²) < 4.78 is 0. The fraction of sp³-hybridized carbons (Fsp3) is 0.462. The molecule has 6 nitrogen and oxygen atoms in total. The predicted octanol–water partition coefficient (Wildman–Crippen LogP) is 1.76. The van der Waals surface area contributed by atoms with Crippen molar-refractivity contribution in [3.63, 3.8) is 0 Å². The molecule has 1 amide bonds. The molecule has 20 heavy (non-hydrogen) atoms. The number of nitrogens with zero attached hydrogens (tertiary/aromatic N) is 2. The van der Waals surface area contributed by atoms with Crippen molar-refractivity contribution in [3.05, 3.63) is 39.4 Å². The van der Waals surface area contributed by atoms with Crippen LogP contribution >= 0.6 is 12.4 Å². The van der Waals surface area contributed by atoms with E-state index in [4.69, 9.17) is 0 Å². The topological polar surface area (TPSA) is 75.5 Å². The van der Waals surface area contributed by atoms with Gasteiger partial charge in [0.15, 0.2) is 0 Å². The van der Waals surface area contributed by atoms with Crippen LogP contribution in [0.3, 0.4) is 0 Å². The molecule has 0 radical (unpaired) electrons. The summed E-state index contributed by atoms with van der Waals surface area (Å²) >= 11 is 0. The Hall–Kier alpha value is -1.66. The monoisotopic (exact) mass is 299 g/mol. The van der Waals surface area contributed by atoms with Gasteiger partial charge in [-0.2, -0.15) is 0 Å². The molecule has 0 aliphatic carbocycles. The lowest BCUT2D eigenvalue weighted by molar-refractivity contribution is -0.385. The number of rotatable bonds is 2. The molecule has 0 unspecified atom stereocenters. The molecule has 1 aromatic rings. The fourth-order valence-electron chi connectivity index (χ4n) is 2.34. The highest BCUT2D eigenvalue weighted by Crippen LogP contribution is 2.22. The van der Waals surface area contributed by atoms with Crippen LogP contribution in [0.2, 0.25) is 0 Å². The Labute approximate surface area is 123 Å². The van der Waals surface area contributed by atoms with Gasteiger partial charge in [0.05, 0.1) is 4.92 Å². The molecular weight excluding hydrogens is 282 g/mol. The summed E-state index contributed by atoms with van der Waals surface area (Å²) in [6.07, 6.45) is 0. The third-order valence-corrected chi connectivity index (χ3v) is 3.39. The van der Waals surface area contributed by atoms with E-state index in [2.05, 4.69) is 5.32 Å². The third kappa shape index (κ3) is 3.26. The van der Waals surface area contributed by atoms with Gasteiger partial charge in [-0.3, -0.25) is 14.9 Å². The van der Waals surface area contributed by atoms with Crippen LogP contribution in [-0.4, -0.2) is 41.4 Å². The lowest BCUT2D eigenvalue weighted by atomic mass is 10.0. The zero-order chi connectivity index (χ0) is 14.0. The van der Waals surface area contributed by atoms with Gasteiger partial charge in [-0.15, -0.1) is 12.4 Å². The van der Waals surface area contributed by atoms with E-state index in [0.717, 1.165) is 6.54 Å². The summed E-state index contributed by atoms with van der Waals surface area (Å²) in [6, 6.07) is 4.88. The van der Waals surface area contributed by atoms with E-state index in [1.165, 1.54) is 6.07 Å². The Morgan fingerprint density at radius 2 is 2.20 bits per heavy atom. The third-order valence-electron chi connectivity index (χ3n) is 3.39. The maximum atomic E-state index is 12.4. The summed E-state index contributed by atoms with van der Waals surface area (Å²) in [6.45, 7) is 5.64. The van der Waals surface area contributed by atoms with Crippen LogP contribution in [0.25, 0.3) is 0 Å². The van der Waals surface area contributed by atoms with Crippen LogP contribution in [0.15, 0.2) is 18.2 Å². The van der Waals surface area contributed by atoms with E-state index < -0.39 is 4.92 Å². The summed E-state index contributed by atoms with van der Waals surface area (Å²) in [5.74, 6) is -0.130. The number of nitrogens with one attached hydrogen (secondary N) is 1. The van der Waals surface area contributed by atoms with Crippen molar-refractivity contribution in [2.24, 2.45) is 0 Å². The lowest BCUT2D eigenvalue weighted by Gasteiger charge is -2.32. The highest BCUT2D eigenvalue weighted by Gasteiger charge is 2.25. The Balaban J connectivity index is 0.00000200. The molecular formula is C13H18ClN3O3. The molecule has 1 fully saturated rings. The molecule has 1 saturated heterocycles. The molecule has 110 valence electrons. The second-order valence-electron chi connectivity index (χ2n) is 4.81. The van der Waals surface area contributed by atoms with E-state index in [0.29, 0.717) is 24.2 Å². The first kappa shape index (κ1) is 16.4. The minimum absolute atomic E-state index is 0. The van der Waals surface area contributed by atoms with Crippen molar-refractivity contribution in [2.75, 3.05) is 19.6 Å². The highest BCUT2D eigenvalue weighted by atomic mass is 35.5. The molecule has 1 aliphatic rings. The van der Waals surface area contributed by atoms with Gasteiger partial charge in [0.2, 0.25) is 0 Å². The SMILES string of the molecule is Cc1c(C(=O)N2CCN[C@@H](C)C2)cccc1[N+](=O)[O-].Cl. The first-order valence-electron chi connectivity index (χ1n) is 6.27. The molecule has 0 spiro atoms. The van der Waals surface area contributed by atoms with Gasteiger partial charge in [-0.25, -0.2) is 0 Å².